The van der Waals surface area contributed by atoms with Crippen LogP contribution in [0.1, 0.15) is 0 Å². The molecular formula is C8H7Br. The summed E-state index contributed by atoms with van der Waals surface area (Å²) >= 11 is 3.36. The minimum Gasteiger partial charge on any atom is -0.0623 e. The highest BCUT2D eigenvalue weighted by Crippen LogP contribution is 2.07. The lowest BCUT2D eigenvalue weighted by Crippen LogP contribution is -1.62. The lowest BCUT2D eigenvalue weighted by atomic mass is 10.3. The summed E-state index contributed by atoms with van der Waals surface area (Å²) in [6.07, 6.45) is 14.0. The average molecular weight is 183 g/mol. The highest BCUT2D eigenvalue weighted by molar-refractivity contribution is 9.11. The molecule has 9 heavy (non-hydrogen) atoms. The van der Waals surface area contributed by atoms with E-state index < -0.39 is 0 Å². The first kappa shape index (κ1) is 6.56. The summed E-state index contributed by atoms with van der Waals surface area (Å²) in [5.41, 5.74) is 0. The van der Waals surface area contributed by atoms with Gasteiger partial charge in [-0.05, 0) is 12.2 Å². The third-order valence-electron chi connectivity index (χ3n) is 0.955. The van der Waals surface area contributed by atoms with E-state index in [9.17, 15) is 0 Å². The summed E-state index contributed by atoms with van der Waals surface area (Å²) in [5, 5.41) is 0. The van der Waals surface area contributed by atoms with Crippen molar-refractivity contribution in [3.05, 3.63) is 47.0 Å². The van der Waals surface area contributed by atoms with Crippen LogP contribution in [0.2, 0.25) is 0 Å². The van der Waals surface area contributed by atoms with Gasteiger partial charge in [0.25, 0.3) is 0 Å². The molecule has 1 rings (SSSR count). The zero-order chi connectivity index (χ0) is 6.53. The van der Waals surface area contributed by atoms with Crippen LogP contribution in [0.3, 0.4) is 0 Å². The van der Waals surface area contributed by atoms with E-state index in [0.717, 1.165) is 4.48 Å². The lowest BCUT2D eigenvalue weighted by Gasteiger charge is -1.85. The molecule has 46 valence electrons. The van der Waals surface area contributed by atoms with E-state index in [1.54, 1.807) is 0 Å². The molecule has 0 aliphatic heterocycles. The van der Waals surface area contributed by atoms with Gasteiger partial charge in [0, 0.05) is 4.48 Å². The molecule has 0 saturated heterocycles. The average Bonchev–Trinajstić information content (AvgIpc) is 1.79. The molecule has 0 nitrogen and oxygen atoms in total. The fraction of sp³-hybridized carbons (Fsp3) is 0. The van der Waals surface area contributed by atoms with Crippen LogP contribution in [0.15, 0.2) is 47.0 Å². The molecule has 0 N–H and O–H groups in total. The minimum atomic E-state index is 1.10. The Morgan fingerprint density at radius 2 is 1.56 bits per heavy atom. The maximum absolute atomic E-state index is 3.36. The second-order valence-electron chi connectivity index (χ2n) is 1.68. The summed E-state index contributed by atoms with van der Waals surface area (Å²) in [5.74, 6) is 0. The van der Waals surface area contributed by atoms with Crippen LogP contribution in [0.4, 0.5) is 0 Å². The third kappa shape index (κ3) is 2.47. The van der Waals surface area contributed by atoms with Crippen molar-refractivity contribution in [2.24, 2.45) is 0 Å². The monoisotopic (exact) mass is 182 g/mol. The summed E-state index contributed by atoms with van der Waals surface area (Å²) < 4.78 is 1.10. The summed E-state index contributed by atoms with van der Waals surface area (Å²) in [6, 6.07) is 0. The summed E-state index contributed by atoms with van der Waals surface area (Å²) in [7, 11) is 0. The van der Waals surface area contributed by atoms with Crippen molar-refractivity contribution in [3.8, 4) is 0 Å². The molecule has 1 aliphatic rings. The molecule has 0 spiro atoms. The molecular weight excluding hydrogens is 176 g/mol. The fourth-order valence-electron chi connectivity index (χ4n) is 0.543. The van der Waals surface area contributed by atoms with Gasteiger partial charge in [0.15, 0.2) is 0 Å². The Labute approximate surface area is 63.4 Å². The topological polar surface area (TPSA) is 0 Å². The van der Waals surface area contributed by atoms with Gasteiger partial charge in [-0.2, -0.15) is 0 Å². The molecule has 0 atom stereocenters. The van der Waals surface area contributed by atoms with E-state index in [1.165, 1.54) is 0 Å². The van der Waals surface area contributed by atoms with Crippen LogP contribution in [0, 0.1) is 0 Å². The van der Waals surface area contributed by atoms with Gasteiger partial charge < -0.3 is 0 Å². The maximum atomic E-state index is 3.36. The van der Waals surface area contributed by atoms with E-state index in [2.05, 4.69) is 15.9 Å². The van der Waals surface area contributed by atoms with Crippen molar-refractivity contribution in [1.29, 1.82) is 0 Å². The Hall–Kier alpha value is -0.560. The van der Waals surface area contributed by atoms with Crippen molar-refractivity contribution >= 4 is 15.9 Å². The van der Waals surface area contributed by atoms with Gasteiger partial charge in [0.1, 0.15) is 0 Å². The third-order valence-corrected chi connectivity index (χ3v) is 1.48. The molecule has 0 fully saturated rings. The zero-order valence-electron chi connectivity index (χ0n) is 4.92. The Balaban J connectivity index is 2.77. The van der Waals surface area contributed by atoms with Crippen LogP contribution in [0.25, 0.3) is 0 Å². The van der Waals surface area contributed by atoms with Gasteiger partial charge in [0.2, 0.25) is 0 Å². The Morgan fingerprint density at radius 1 is 0.889 bits per heavy atom. The Morgan fingerprint density at radius 3 is 2.44 bits per heavy atom. The van der Waals surface area contributed by atoms with Crippen molar-refractivity contribution in [2.75, 3.05) is 0 Å². The fourth-order valence-corrected chi connectivity index (χ4v) is 0.848. The lowest BCUT2D eigenvalue weighted by molar-refractivity contribution is 1.79. The van der Waals surface area contributed by atoms with Gasteiger partial charge in [-0.15, -0.1) is 0 Å². The van der Waals surface area contributed by atoms with Crippen molar-refractivity contribution < 1.29 is 0 Å². The highest BCUT2D eigenvalue weighted by atomic mass is 79.9. The van der Waals surface area contributed by atoms with Crippen molar-refractivity contribution in [1.82, 2.24) is 0 Å². The molecule has 1 heteroatoms. The van der Waals surface area contributed by atoms with Crippen LogP contribution >= 0.6 is 15.9 Å². The molecule has 0 bridgehead atoms. The first-order valence-corrected chi connectivity index (χ1v) is 3.56. The first-order chi connectivity index (χ1) is 4.39. The predicted octanol–water partition coefficient (Wildman–Crippen LogP) is 2.95. The van der Waals surface area contributed by atoms with Crippen molar-refractivity contribution in [2.45, 2.75) is 0 Å². The Bertz CT molecular complexity index is 195. The van der Waals surface area contributed by atoms with Gasteiger partial charge in [0.05, 0.1) is 0 Å². The van der Waals surface area contributed by atoms with E-state index in [4.69, 9.17) is 0 Å². The maximum Gasteiger partial charge on any atom is 0.0175 e. The summed E-state index contributed by atoms with van der Waals surface area (Å²) in [6.45, 7) is 0. The van der Waals surface area contributed by atoms with Crippen molar-refractivity contribution in [3.63, 3.8) is 0 Å². The Kier molecular flexibility index (Phi) is 2.52. The minimum absolute atomic E-state index is 1.10. The molecule has 0 aromatic carbocycles. The van der Waals surface area contributed by atoms with E-state index in [0.29, 0.717) is 0 Å². The van der Waals surface area contributed by atoms with E-state index in [1.807, 2.05) is 42.5 Å². The normalized spacial score (nSPS) is 23.9. The van der Waals surface area contributed by atoms with E-state index >= 15 is 0 Å². The molecule has 1 aliphatic carbocycles. The summed E-state index contributed by atoms with van der Waals surface area (Å²) in [4.78, 5) is 0. The van der Waals surface area contributed by atoms with Gasteiger partial charge in [-0.1, -0.05) is 46.3 Å². The quantitative estimate of drug-likeness (QED) is 0.541. The largest absolute Gasteiger partial charge is 0.0623 e. The van der Waals surface area contributed by atoms with Crippen LogP contribution in [-0.2, 0) is 0 Å². The molecule has 0 aromatic heterocycles. The number of halogens is 1. The molecule has 0 saturated carbocycles. The van der Waals surface area contributed by atoms with Gasteiger partial charge >= 0.3 is 0 Å². The van der Waals surface area contributed by atoms with Gasteiger partial charge in [-0.3, -0.25) is 0 Å². The molecule has 0 amide bonds. The second-order valence-corrected chi connectivity index (χ2v) is 2.60. The van der Waals surface area contributed by atoms with E-state index in [-0.39, 0.29) is 0 Å². The molecule has 0 radical (unpaired) electrons. The molecule has 0 unspecified atom stereocenters. The molecule has 0 heterocycles. The highest BCUT2D eigenvalue weighted by Gasteiger charge is 1.79. The molecule has 0 aromatic rings. The van der Waals surface area contributed by atoms with Crippen LogP contribution < -0.4 is 0 Å². The zero-order valence-corrected chi connectivity index (χ0v) is 6.51. The van der Waals surface area contributed by atoms with Crippen LogP contribution in [0.5, 0.6) is 0 Å². The van der Waals surface area contributed by atoms with Crippen LogP contribution in [-0.4, -0.2) is 0 Å². The predicted molar refractivity (Wildman–Crippen MR) is 44.4 cm³/mol. The SMILES string of the molecule is BrC1=C/C=C\C=C/C=C1. The van der Waals surface area contributed by atoms with Gasteiger partial charge in [-0.25, -0.2) is 0 Å². The number of hydrogen-bond donors (Lipinski definition) is 0. The number of rotatable bonds is 0. The second kappa shape index (κ2) is 3.46. The first-order valence-electron chi connectivity index (χ1n) is 2.77. The standard InChI is InChI=1S/C8H7Br/c9-8-6-4-2-1-3-5-7-8/h1-7H/b2-1-,3-1?,4-2?,5-3-,6-4?,7-5?,8-6?,8-7?. The number of allylic oxidation sites excluding steroid dienone is 8. The smallest absolute Gasteiger partial charge is 0.0175 e. The number of hydrogen-bond acceptors (Lipinski definition) is 0.